The van der Waals surface area contributed by atoms with Gasteiger partial charge in [-0.3, -0.25) is 4.79 Å². The molecule has 0 spiro atoms. The molecule has 0 radical (unpaired) electrons. The van der Waals surface area contributed by atoms with Crippen molar-refractivity contribution in [2.24, 2.45) is 0 Å². The fourth-order valence-corrected chi connectivity index (χ4v) is 4.07. The highest BCUT2D eigenvalue weighted by Crippen LogP contribution is 2.31. The maximum absolute atomic E-state index is 12.1. The number of H-pyrrole nitrogens is 1. The maximum Gasteiger partial charge on any atom is 0.230 e. The molecule has 7 heteroatoms. The minimum absolute atomic E-state index is 0.00674. The van der Waals surface area contributed by atoms with Gasteiger partial charge in [0.25, 0.3) is 0 Å². The predicted octanol–water partition coefficient (Wildman–Crippen LogP) is 3.32. The molecule has 2 aromatic heterocycles. The third-order valence-corrected chi connectivity index (χ3v) is 5.64. The molecular weight excluding hydrogens is 360 g/mol. The number of rotatable bonds is 6. The van der Waals surface area contributed by atoms with Crippen LogP contribution in [0.3, 0.4) is 0 Å². The van der Waals surface area contributed by atoms with Crippen LogP contribution in [0, 0.1) is 6.92 Å². The van der Waals surface area contributed by atoms with E-state index in [1.807, 2.05) is 12.3 Å². The summed E-state index contributed by atoms with van der Waals surface area (Å²) in [7, 11) is 0. The van der Waals surface area contributed by atoms with E-state index in [2.05, 4.69) is 45.4 Å². The molecule has 1 amide bonds. The first-order valence-electron chi connectivity index (χ1n) is 9.11. The number of thioether (sulfide) groups is 1. The summed E-state index contributed by atoms with van der Waals surface area (Å²) < 4.78 is 5.53. The van der Waals surface area contributed by atoms with Crippen LogP contribution in [0.25, 0.3) is 22.2 Å². The number of carbonyl (C=O) groups excluding carboxylic acids is 1. The first-order chi connectivity index (χ1) is 13.2. The lowest BCUT2D eigenvalue weighted by Gasteiger charge is -2.10. The van der Waals surface area contributed by atoms with E-state index in [1.165, 1.54) is 17.3 Å². The highest BCUT2D eigenvalue weighted by atomic mass is 32.2. The number of nitrogens with one attached hydrogen (secondary N) is 2. The van der Waals surface area contributed by atoms with Gasteiger partial charge in [0.05, 0.1) is 17.4 Å². The second-order valence-corrected chi connectivity index (χ2v) is 7.67. The largest absolute Gasteiger partial charge is 0.376 e. The van der Waals surface area contributed by atoms with Gasteiger partial charge in [-0.15, -0.1) is 0 Å². The Labute approximate surface area is 162 Å². The number of benzene rings is 1. The summed E-state index contributed by atoms with van der Waals surface area (Å²) in [5.74, 6) is 0.310. The highest BCUT2D eigenvalue weighted by molar-refractivity contribution is 8.00. The highest BCUT2D eigenvalue weighted by Gasteiger charge is 2.17. The molecule has 1 aliphatic rings. The zero-order valence-corrected chi connectivity index (χ0v) is 16.0. The second-order valence-electron chi connectivity index (χ2n) is 6.70. The zero-order chi connectivity index (χ0) is 18.6. The van der Waals surface area contributed by atoms with Gasteiger partial charge in [0.1, 0.15) is 16.9 Å². The molecule has 2 N–H and O–H groups in total. The molecule has 4 rings (SSSR count). The van der Waals surface area contributed by atoms with Crippen molar-refractivity contribution < 1.29 is 9.53 Å². The van der Waals surface area contributed by atoms with E-state index in [0.717, 1.165) is 46.6 Å². The fraction of sp³-hybridized carbons (Fsp3) is 0.350. The van der Waals surface area contributed by atoms with Gasteiger partial charge in [0, 0.05) is 24.9 Å². The Bertz CT molecular complexity index is 950. The van der Waals surface area contributed by atoms with Gasteiger partial charge in [-0.1, -0.05) is 41.6 Å². The van der Waals surface area contributed by atoms with Crippen molar-refractivity contribution in [2.75, 3.05) is 18.9 Å². The van der Waals surface area contributed by atoms with Crippen LogP contribution in [0.2, 0.25) is 0 Å². The fourth-order valence-electron chi connectivity index (χ4n) is 3.28. The van der Waals surface area contributed by atoms with Gasteiger partial charge in [-0.2, -0.15) is 0 Å². The molecule has 27 heavy (non-hydrogen) atoms. The van der Waals surface area contributed by atoms with E-state index in [-0.39, 0.29) is 12.0 Å². The molecule has 140 valence electrons. The van der Waals surface area contributed by atoms with E-state index < -0.39 is 0 Å². The summed E-state index contributed by atoms with van der Waals surface area (Å²) in [6.07, 6.45) is 5.76. The Hall–Kier alpha value is -2.38. The topological polar surface area (TPSA) is 79.9 Å². The van der Waals surface area contributed by atoms with Crippen LogP contribution in [0.15, 0.2) is 41.8 Å². The lowest BCUT2D eigenvalue weighted by Crippen LogP contribution is -2.32. The molecule has 1 fully saturated rings. The van der Waals surface area contributed by atoms with Crippen LogP contribution in [-0.2, 0) is 9.53 Å². The van der Waals surface area contributed by atoms with Crippen LogP contribution < -0.4 is 5.32 Å². The molecule has 0 aliphatic carbocycles. The number of fused-ring (bicyclic) bond motifs is 1. The predicted molar refractivity (Wildman–Crippen MR) is 107 cm³/mol. The van der Waals surface area contributed by atoms with Gasteiger partial charge in [-0.05, 0) is 25.3 Å². The smallest absolute Gasteiger partial charge is 0.230 e. The Balaban J connectivity index is 1.45. The second kappa shape index (κ2) is 8.10. The summed E-state index contributed by atoms with van der Waals surface area (Å²) in [5, 5.41) is 3.73. The maximum atomic E-state index is 12.1. The molecule has 6 nitrogen and oxygen atoms in total. The van der Waals surface area contributed by atoms with Crippen molar-refractivity contribution in [2.45, 2.75) is 30.9 Å². The van der Waals surface area contributed by atoms with Crippen molar-refractivity contribution in [1.82, 2.24) is 20.3 Å². The van der Waals surface area contributed by atoms with Gasteiger partial charge in [0.2, 0.25) is 5.91 Å². The molecule has 3 heterocycles. The van der Waals surface area contributed by atoms with Crippen LogP contribution in [-0.4, -0.2) is 45.9 Å². The number of carbonyl (C=O) groups is 1. The first kappa shape index (κ1) is 18.0. The summed E-state index contributed by atoms with van der Waals surface area (Å²) in [6, 6.07) is 8.32. The van der Waals surface area contributed by atoms with E-state index in [1.54, 1.807) is 6.33 Å². The van der Waals surface area contributed by atoms with Crippen molar-refractivity contribution in [3.63, 3.8) is 0 Å². The Morgan fingerprint density at radius 3 is 3.15 bits per heavy atom. The number of aromatic amines is 1. The third kappa shape index (κ3) is 4.14. The standard InChI is InChI=1S/C20H22N4O2S/c1-13-4-2-5-14(8-13)16-10-22-19-18(16)23-12-24-20(19)27-11-17(25)21-9-15-6-3-7-26-15/h2,4-5,8,10,12,15,22H,3,6-7,9,11H2,1H3,(H,21,25). The normalized spacial score (nSPS) is 16.7. The van der Waals surface area contributed by atoms with Crippen molar-refractivity contribution >= 4 is 28.7 Å². The number of nitrogens with zero attached hydrogens (tertiary/aromatic N) is 2. The Kier molecular flexibility index (Phi) is 5.40. The molecule has 3 aromatic rings. The van der Waals surface area contributed by atoms with Crippen LogP contribution in [0.5, 0.6) is 0 Å². The summed E-state index contributed by atoms with van der Waals surface area (Å²) in [4.78, 5) is 24.2. The Morgan fingerprint density at radius 1 is 1.41 bits per heavy atom. The van der Waals surface area contributed by atoms with Crippen molar-refractivity contribution in [1.29, 1.82) is 0 Å². The molecular formula is C20H22N4O2S. The number of ether oxygens (including phenoxy) is 1. The SMILES string of the molecule is Cc1cccc(-c2c[nH]c3c(SCC(=O)NCC4CCCO4)ncnc23)c1. The zero-order valence-electron chi connectivity index (χ0n) is 15.2. The van der Waals surface area contributed by atoms with Gasteiger partial charge in [0.15, 0.2) is 0 Å². The number of aromatic nitrogens is 3. The summed E-state index contributed by atoms with van der Waals surface area (Å²) in [5.41, 5.74) is 5.10. The average molecular weight is 382 g/mol. The number of aryl methyl sites for hydroxylation is 1. The van der Waals surface area contributed by atoms with Gasteiger partial charge in [-0.25, -0.2) is 9.97 Å². The summed E-state index contributed by atoms with van der Waals surface area (Å²) >= 11 is 1.42. The van der Waals surface area contributed by atoms with Crippen molar-refractivity contribution in [3.05, 3.63) is 42.4 Å². The number of hydrogen-bond donors (Lipinski definition) is 2. The van der Waals surface area contributed by atoms with E-state index >= 15 is 0 Å². The number of hydrogen-bond acceptors (Lipinski definition) is 5. The molecule has 0 saturated carbocycles. The summed E-state index contributed by atoms with van der Waals surface area (Å²) in [6.45, 7) is 3.45. The van der Waals surface area contributed by atoms with Crippen LogP contribution >= 0.6 is 11.8 Å². The van der Waals surface area contributed by atoms with Gasteiger partial charge >= 0.3 is 0 Å². The van der Waals surface area contributed by atoms with Crippen molar-refractivity contribution in [3.8, 4) is 11.1 Å². The molecule has 1 atom stereocenters. The average Bonchev–Trinajstić information content (AvgIpc) is 3.34. The molecule has 0 bridgehead atoms. The minimum atomic E-state index is -0.00674. The molecule has 1 unspecified atom stereocenters. The van der Waals surface area contributed by atoms with Crippen LogP contribution in [0.4, 0.5) is 0 Å². The minimum Gasteiger partial charge on any atom is -0.376 e. The molecule has 1 aliphatic heterocycles. The molecule has 1 aromatic carbocycles. The number of amides is 1. The lowest BCUT2D eigenvalue weighted by atomic mass is 10.1. The van der Waals surface area contributed by atoms with Crippen LogP contribution in [0.1, 0.15) is 18.4 Å². The monoisotopic (exact) mass is 382 g/mol. The quantitative estimate of drug-likeness (QED) is 0.505. The van der Waals surface area contributed by atoms with E-state index in [9.17, 15) is 4.79 Å². The third-order valence-electron chi connectivity index (χ3n) is 4.65. The molecule has 1 saturated heterocycles. The lowest BCUT2D eigenvalue weighted by molar-refractivity contribution is -0.119. The Morgan fingerprint density at radius 2 is 2.33 bits per heavy atom. The first-order valence-corrected chi connectivity index (χ1v) is 10.1. The van der Waals surface area contributed by atoms with E-state index in [4.69, 9.17) is 4.74 Å². The van der Waals surface area contributed by atoms with Gasteiger partial charge < -0.3 is 15.0 Å². The van der Waals surface area contributed by atoms with E-state index in [0.29, 0.717) is 12.3 Å².